The summed E-state index contributed by atoms with van der Waals surface area (Å²) in [5.74, 6) is 0.376. The summed E-state index contributed by atoms with van der Waals surface area (Å²) >= 11 is 0. The van der Waals surface area contributed by atoms with Crippen LogP contribution in [0.2, 0.25) is 0 Å². The summed E-state index contributed by atoms with van der Waals surface area (Å²) in [5.41, 5.74) is 1.73. The van der Waals surface area contributed by atoms with E-state index in [-0.39, 0.29) is 23.4 Å². The van der Waals surface area contributed by atoms with Gasteiger partial charge < -0.3 is 4.90 Å². The molecule has 0 unspecified atom stereocenters. The average Bonchev–Trinajstić information content (AvgIpc) is 3.23. The lowest BCUT2D eigenvalue weighted by Crippen LogP contribution is -2.43. The zero-order chi connectivity index (χ0) is 17.9. The van der Waals surface area contributed by atoms with E-state index in [9.17, 15) is 9.59 Å². The third-order valence-electron chi connectivity index (χ3n) is 5.37. The van der Waals surface area contributed by atoms with Crippen LogP contribution in [0.25, 0.3) is 11.3 Å². The van der Waals surface area contributed by atoms with E-state index in [1.807, 2.05) is 35.2 Å². The topological polar surface area (TPSA) is 55.2 Å². The van der Waals surface area contributed by atoms with E-state index >= 15 is 0 Å². The number of aromatic nitrogens is 2. The first kappa shape index (κ1) is 16.8. The lowest BCUT2D eigenvalue weighted by Gasteiger charge is -2.33. The van der Waals surface area contributed by atoms with Crippen LogP contribution < -0.4 is 5.56 Å². The Bertz CT molecular complexity index is 856. The largest absolute Gasteiger partial charge is 0.342 e. The molecular weight excluding hydrogens is 326 g/mol. The van der Waals surface area contributed by atoms with Gasteiger partial charge in [-0.05, 0) is 31.7 Å². The second-order valence-electron chi connectivity index (χ2n) is 7.06. The number of hydrogen-bond donors (Lipinski definition) is 0. The number of amides is 1. The van der Waals surface area contributed by atoms with Crippen LogP contribution in [0.15, 0.2) is 59.4 Å². The Morgan fingerprint density at radius 2 is 1.65 bits per heavy atom. The number of hydrogen-bond acceptors (Lipinski definition) is 3. The maximum Gasteiger partial charge on any atom is 0.267 e. The zero-order valence-corrected chi connectivity index (χ0v) is 14.8. The monoisotopic (exact) mass is 349 g/mol. The molecule has 5 nitrogen and oxygen atoms in total. The van der Waals surface area contributed by atoms with Crippen molar-refractivity contribution >= 4 is 5.91 Å². The third kappa shape index (κ3) is 3.34. The highest BCUT2D eigenvalue weighted by Crippen LogP contribution is 2.26. The molecule has 2 aliphatic rings. The van der Waals surface area contributed by atoms with Gasteiger partial charge in [-0.15, -0.1) is 0 Å². The lowest BCUT2D eigenvalue weighted by atomic mass is 10.0. The molecule has 0 saturated carbocycles. The fraction of sp³-hybridized carbons (Fsp3) is 0.381. The molecule has 0 spiro atoms. The minimum Gasteiger partial charge on any atom is -0.342 e. The van der Waals surface area contributed by atoms with Gasteiger partial charge in [0, 0.05) is 30.6 Å². The van der Waals surface area contributed by atoms with Crippen molar-refractivity contribution in [1.29, 1.82) is 0 Å². The predicted molar refractivity (Wildman–Crippen MR) is 101 cm³/mol. The number of benzene rings is 1. The van der Waals surface area contributed by atoms with Crippen molar-refractivity contribution in [2.24, 2.45) is 5.92 Å². The van der Waals surface area contributed by atoms with Gasteiger partial charge in [-0.3, -0.25) is 9.59 Å². The molecule has 1 aromatic heterocycles. The molecule has 1 fully saturated rings. The minimum atomic E-state index is -0.0746. The van der Waals surface area contributed by atoms with Crippen LogP contribution in [-0.4, -0.2) is 33.7 Å². The fourth-order valence-corrected chi connectivity index (χ4v) is 3.86. The quantitative estimate of drug-likeness (QED) is 0.801. The first-order valence-corrected chi connectivity index (χ1v) is 9.31. The first-order chi connectivity index (χ1) is 12.7. The normalized spacial score (nSPS) is 18.4. The standard InChI is InChI=1S/C21H23N3O2/c25-20-11-10-19(16-6-2-1-3-7-16)22-24(20)18-12-14-23(15-13-18)21(26)17-8-4-5-9-17/h1-7,10-11,17-18H,8-9,12-15H2. The average molecular weight is 349 g/mol. The number of rotatable bonds is 3. The molecule has 1 saturated heterocycles. The van der Waals surface area contributed by atoms with E-state index in [1.165, 1.54) is 0 Å². The van der Waals surface area contributed by atoms with Crippen molar-refractivity contribution in [2.75, 3.05) is 13.1 Å². The lowest BCUT2D eigenvalue weighted by molar-refractivity contribution is -0.136. The van der Waals surface area contributed by atoms with Crippen molar-refractivity contribution in [2.45, 2.75) is 31.7 Å². The van der Waals surface area contributed by atoms with Crippen LogP contribution >= 0.6 is 0 Å². The molecule has 0 bridgehead atoms. The van der Waals surface area contributed by atoms with Crippen LogP contribution in [0.1, 0.15) is 31.7 Å². The van der Waals surface area contributed by atoms with Gasteiger partial charge in [0.05, 0.1) is 11.7 Å². The Kier molecular flexibility index (Phi) is 4.69. The van der Waals surface area contributed by atoms with Crippen LogP contribution in [0.3, 0.4) is 0 Å². The maximum absolute atomic E-state index is 12.6. The van der Waals surface area contributed by atoms with Gasteiger partial charge in [0.25, 0.3) is 5.56 Å². The van der Waals surface area contributed by atoms with Crippen molar-refractivity contribution in [3.8, 4) is 11.3 Å². The Morgan fingerprint density at radius 3 is 2.35 bits per heavy atom. The van der Waals surface area contributed by atoms with Crippen LogP contribution in [-0.2, 0) is 4.79 Å². The zero-order valence-electron chi connectivity index (χ0n) is 14.8. The fourth-order valence-electron chi connectivity index (χ4n) is 3.86. The van der Waals surface area contributed by atoms with Gasteiger partial charge in [0.1, 0.15) is 0 Å². The van der Waals surface area contributed by atoms with E-state index < -0.39 is 0 Å². The summed E-state index contributed by atoms with van der Waals surface area (Å²) in [7, 11) is 0. The highest BCUT2D eigenvalue weighted by molar-refractivity contribution is 5.79. The summed E-state index contributed by atoms with van der Waals surface area (Å²) in [6.45, 7) is 1.40. The number of piperidine rings is 1. The van der Waals surface area contributed by atoms with Gasteiger partial charge in [0.15, 0.2) is 0 Å². The summed E-state index contributed by atoms with van der Waals surface area (Å²) in [6, 6.07) is 13.3. The summed E-state index contributed by atoms with van der Waals surface area (Å²) < 4.78 is 1.61. The van der Waals surface area contributed by atoms with Crippen LogP contribution in [0, 0.1) is 5.92 Å². The number of allylic oxidation sites excluding steroid dienone is 2. The molecule has 26 heavy (non-hydrogen) atoms. The van der Waals surface area contributed by atoms with E-state index in [2.05, 4.69) is 17.3 Å². The molecule has 5 heteroatoms. The SMILES string of the molecule is O=C(C1CC=CC1)N1CCC(n2nc(-c3ccccc3)ccc2=O)CC1. The molecule has 2 aromatic rings. The van der Waals surface area contributed by atoms with Gasteiger partial charge in [-0.25, -0.2) is 4.68 Å². The summed E-state index contributed by atoms with van der Waals surface area (Å²) in [5, 5.41) is 4.60. The Morgan fingerprint density at radius 1 is 0.962 bits per heavy atom. The van der Waals surface area contributed by atoms with Crippen LogP contribution in [0.5, 0.6) is 0 Å². The van der Waals surface area contributed by atoms with Gasteiger partial charge >= 0.3 is 0 Å². The summed E-state index contributed by atoms with van der Waals surface area (Å²) in [4.78, 5) is 26.8. The molecule has 1 amide bonds. The smallest absolute Gasteiger partial charge is 0.267 e. The summed E-state index contributed by atoms with van der Waals surface area (Å²) in [6.07, 6.45) is 7.45. The molecular formula is C21H23N3O2. The Labute approximate surface area is 153 Å². The van der Waals surface area contributed by atoms with E-state index in [4.69, 9.17) is 0 Å². The second kappa shape index (κ2) is 7.28. The molecule has 4 rings (SSSR count). The highest BCUT2D eigenvalue weighted by Gasteiger charge is 2.29. The molecule has 0 atom stereocenters. The molecule has 0 radical (unpaired) electrons. The molecule has 2 heterocycles. The van der Waals surface area contributed by atoms with Gasteiger partial charge in [-0.1, -0.05) is 42.5 Å². The third-order valence-corrected chi connectivity index (χ3v) is 5.37. The van der Waals surface area contributed by atoms with Crippen molar-refractivity contribution in [3.05, 3.63) is 65.0 Å². The van der Waals surface area contributed by atoms with E-state index in [0.29, 0.717) is 13.1 Å². The Hall–Kier alpha value is -2.69. The Balaban J connectivity index is 1.47. The highest BCUT2D eigenvalue weighted by atomic mass is 16.2. The second-order valence-corrected chi connectivity index (χ2v) is 7.06. The molecule has 1 aliphatic heterocycles. The molecule has 1 aliphatic carbocycles. The van der Waals surface area contributed by atoms with E-state index in [1.54, 1.807) is 16.8 Å². The maximum atomic E-state index is 12.6. The van der Waals surface area contributed by atoms with Crippen molar-refractivity contribution in [3.63, 3.8) is 0 Å². The van der Waals surface area contributed by atoms with Crippen LogP contribution in [0.4, 0.5) is 0 Å². The number of carbonyl (C=O) groups is 1. The first-order valence-electron chi connectivity index (χ1n) is 9.31. The molecule has 1 aromatic carbocycles. The number of carbonyl (C=O) groups excluding carboxylic acids is 1. The minimum absolute atomic E-state index is 0.0527. The number of nitrogens with zero attached hydrogens (tertiary/aromatic N) is 3. The van der Waals surface area contributed by atoms with Gasteiger partial charge in [-0.2, -0.15) is 5.10 Å². The number of likely N-dealkylation sites (tertiary alicyclic amines) is 1. The van der Waals surface area contributed by atoms with E-state index in [0.717, 1.165) is 36.9 Å². The molecule has 134 valence electrons. The molecule has 0 N–H and O–H groups in total. The van der Waals surface area contributed by atoms with Crippen molar-refractivity contribution in [1.82, 2.24) is 14.7 Å². The van der Waals surface area contributed by atoms with Crippen molar-refractivity contribution < 1.29 is 4.79 Å². The van der Waals surface area contributed by atoms with Gasteiger partial charge in [0.2, 0.25) is 5.91 Å². The predicted octanol–water partition coefficient (Wildman–Crippen LogP) is 3.04.